The Morgan fingerprint density at radius 2 is 2.18 bits per heavy atom. The molecule has 2 N–H and O–H groups in total. The molecule has 1 aromatic rings. The summed E-state index contributed by atoms with van der Waals surface area (Å²) in [6.45, 7) is 4.45. The van der Waals surface area contributed by atoms with Crippen LogP contribution in [0.5, 0.6) is 0 Å². The van der Waals surface area contributed by atoms with Crippen molar-refractivity contribution in [1.29, 1.82) is 0 Å². The predicted octanol–water partition coefficient (Wildman–Crippen LogP) is 1.81. The second-order valence-corrected chi connectivity index (χ2v) is 6.12. The van der Waals surface area contributed by atoms with Crippen LogP contribution in [0.25, 0.3) is 0 Å². The van der Waals surface area contributed by atoms with E-state index in [-0.39, 0.29) is 5.75 Å². The van der Waals surface area contributed by atoms with Crippen molar-refractivity contribution >= 4 is 22.4 Å². The molecule has 0 radical (unpaired) electrons. The van der Waals surface area contributed by atoms with Crippen LogP contribution in [-0.4, -0.2) is 33.8 Å². The highest BCUT2D eigenvalue weighted by atomic mass is 35.5. The van der Waals surface area contributed by atoms with Crippen LogP contribution >= 0.6 is 11.6 Å². The summed E-state index contributed by atoms with van der Waals surface area (Å²) in [6, 6.07) is 7.22. The highest BCUT2D eigenvalue weighted by Crippen LogP contribution is 2.14. The standard InChI is InChI=1S/C12H18ClNO2S/c1-9(2)14-7-11(15)8-17(16)12-5-3-4-10(13)6-12/h3-6,9,11,14-15H,7-8H2,1-2H3. The van der Waals surface area contributed by atoms with Crippen molar-refractivity contribution in [2.75, 3.05) is 12.3 Å². The van der Waals surface area contributed by atoms with Gasteiger partial charge in [-0.25, -0.2) is 0 Å². The van der Waals surface area contributed by atoms with E-state index in [0.717, 1.165) is 0 Å². The fourth-order valence-electron chi connectivity index (χ4n) is 1.31. The zero-order chi connectivity index (χ0) is 12.8. The maximum absolute atomic E-state index is 11.9. The van der Waals surface area contributed by atoms with Gasteiger partial charge in [-0.2, -0.15) is 0 Å². The molecule has 1 rings (SSSR count). The van der Waals surface area contributed by atoms with Crippen molar-refractivity contribution in [2.45, 2.75) is 30.9 Å². The van der Waals surface area contributed by atoms with Gasteiger partial charge >= 0.3 is 0 Å². The third-order valence-electron chi connectivity index (χ3n) is 2.16. The van der Waals surface area contributed by atoms with Gasteiger partial charge in [-0.15, -0.1) is 0 Å². The molecule has 0 aromatic heterocycles. The van der Waals surface area contributed by atoms with Gasteiger partial charge in [0, 0.05) is 22.5 Å². The molecule has 0 aliphatic carbocycles. The second-order valence-electron chi connectivity index (χ2n) is 4.19. The zero-order valence-electron chi connectivity index (χ0n) is 10.0. The smallest absolute Gasteiger partial charge is 0.0783 e. The third-order valence-corrected chi connectivity index (χ3v) is 3.87. The Hall–Kier alpha value is -0.420. The molecule has 0 saturated heterocycles. The molecule has 2 unspecified atom stereocenters. The monoisotopic (exact) mass is 275 g/mol. The topological polar surface area (TPSA) is 49.3 Å². The van der Waals surface area contributed by atoms with Gasteiger partial charge in [0.2, 0.25) is 0 Å². The fourth-order valence-corrected chi connectivity index (χ4v) is 2.71. The number of rotatable bonds is 6. The lowest BCUT2D eigenvalue weighted by Crippen LogP contribution is -2.34. The highest BCUT2D eigenvalue weighted by molar-refractivity contribution is 7.85. The molecule has 5 heteroatoms. The van der Waals surface area contributed by atoms with Gasteiger partial charge in [-0.3, -0.25) is 4.21 Å². The number of hydrogen-bond donors (Lipinski definition) is 2. The maximum atomic E-state index is 11.9. The van der Waals surface area contributed by atoms with Gasteiger partial charge in [0.05, 0.1) is 22.7 Å². The Morgan fingerprint density at radius 1 is 1.47 bits per heavy atom. The number of aliphatic hydroxyl groups is 1. The normalized spacial score (nSPS) is 14.9. The van der Waals surface area contributed by atoms with E-state index in [1.165, 1.54) is 0 Å². The summed E-state index contributed by atoms with van der Waals surface area (Å²) in [7, 11) is -1.21. The van der Waals surface area contributed by atoms with E-state index in [2.05, 4.69) is 5.32 Å². The Labute approximate surface area is 110 Å². The van der Waals surface area contributed by atoms with E-state index in [1.807, 2.05) is 13.8 Å². The Bertz CT molecular complexity index is 385. The molecule has 0 spiro atoms. The quantitative estimate of drug-likeness (QED) is 0.832. The van der Waals surface area contributed by atoms with E-state index in [0.29, 0.717) is 22.5 Å². The van der Waals surface area contributed by atoms with Crippen LogP contribution in [-0.2, 0) is 10.8 Å². The number of benzene rings is 1. The molecule has 0 bridgehead atoms. The minimum Gasteiger partial charge on any atom is -0.391 e. The summed E-state index contributed by atoms with van der Waals surface area (Å²) >= 11 is 5.82. The van der Waals surface area contributed by atoms with Crippen LogP contribution in [0.4, 0.5) is 0 Å². The van der Waals surface area contributed by atoms with E-state index in [1.54, 1.807) is 24.3 Å². The summed E-state index contributed by atoms with van der Waals surface area (Å²) in [5, 5.41) is 13.4. The lowest BCUT2D eigenvalue weighted by atomic mass is 10.3. The SMILES string of the molecule is CC(C)NCC(O)CS(=O)c1cccc(Cl)c1. The number of aliphatic hydroxyl groups excluding tert-OH is 1. The molecule has 0 amide bonds. The molecular formula is C12H18ClNO2S. The molecule has 1 aromatic carbocycles. The zero-order valence-corrected chi connectivity index (χ0v) is 11.6. The Balaban J connectivity index is 2.49. The predicted molar refractivity (Wildman–Crippen MR) is 71.9 cm³/mol. The van der Waals surface area contributed by atoms with Gasteiger partial charge in [0.15, 0.2) is 0 Å². The number of nitrogens with one attached hydrogen (secondary N) is 1. The molecule has 0 aliphatic heterocycles. The molecular weight excluding hydrogens is 258 g/mol. The van der Waals surface area contributed by atoms with E-state index >= 15 is 0 Å². The minimum absolute atomic E-state index is 0.222. The van der Waals surface area contributed by atoms with Crippen molar-refractivity contribution in [3.8, 4) is 0 Å². The Kier molecular flexibility index (Phi) is 6.12. The summed E-state index contributed by atoms with van der Waals surface area (Å²) < 4.78 is 11.9. The molecule has 2 atom stereocenters. The lowest BCUT2D eigenvalue weighted by Gasteiger charge is -2.13. The minimum atomic E-state index is -1.21. The van der Waals surface area contributed by atoms with Crippen LogP contribution in [0.3, 0.4) is 0 Å². The average molecular weight is 276 g/mol. The van der Waals surface area contributed by atoms with Gasteiger partial charge < -0.3 is 10.4 Å². The van der Waals surface area contributed by atoms with Crippen LogP contribution in [0.1, 0.15) is 13.8 Å². The van der Waals surface area contributed by atoms with Crippen molar-refractivity contribution in [3.63, 3.8) is 0 Å². The fraction of sp³-hybridized carbons (Fsp3) is 0.500. The van der Waals surface area contributed by atoms with E-state index in [9.17, 15) is 9.32 Å². The van der Waals surface area contributed by atoms with Crippen LogP contribution in [0, 0.1) is 0 Å². The molecule has 0 saturated carbocycles. The summed E-state index contributed by atoms with van der Waals surface area (Å²) in [4.78, 5) is 0.654. The van der Waals surface area contributed by atoms with Gasteiger partial charge in [0.1, 0.15) is 0 Å². The van der Waals surface area contributed by atoms with Crippen molar-refractivity contribution < 1.29 is 9.32 Å². The van der Waals surface area contributed by atoms with Gasteiger partial charge in [-0.05, 0) is 18.2 Å². The first-order chi connectivity index (χ1) is 7.99. The molecule has 0 heterocycles. The first-order valence-corrected chi connectivity index (χ1v) is 7.24. The molecule has 0 aliphatic rings. The van der Waals surface area contributed by atoms with Crippen molar-refractivity contribution in [3.05, 3.63) is 29.3 Å². The third kappa shape index (κ3) is 5.64. The van der Waals surface area contributed by atoms with Crippen molar-refractivity contribution in [2.24, 2.45) is 0 Å². The number of halogens is 1. The summed E-state index contributed by atoms with van der Waals surface area (Å²) in [5.41, 5.74) is 0. The van der Waals surface area contributed by atoms with Crippen molar-refractivity contribution in [1.82, 2.24) is 5.32 Å². The van der Waals surface area contributed by atoms with Crippen LogP contribution in [0.2, 0.25) is 5.02 Å². The summed E-state index contributed by atoms with van der Waals surface area (Å²) in [5.74, 6) is 0.222. The van der Waals surface area contributed by atoms with Crippen LogP contribution < -0.4 is 5.32 Å². The molecule has 17 heavy (non-hydrogen) atoms. The van der Waals surface area contributed by atoms with Crippen LogP contribution in [0.15, 0.2) is 29.2 Å². The largest absolute Gasteiger partial charge is 0.391 e. The molecule has 96 valence electrons. The number of hydrogen-bond acceptors (Lipinski definition) is 3. The molecule has 3 nitrogen and oxygen atoms in total. The lowest BCUT2D eigenvalue weighted by molar-refractivity contribution is 0.191. The summed E-state index contributed by atoms with van der Waals surface area (Å²) in [6.07, 6.45) is -0.614. The maximum Gasteiger partial charge on any atom is 0.0783 e. The second kappa shape index (κ2) is 7.11. The Morgan fingerprint density at radius 3 is 2.76 bits per heavy atom. The van der Waals surface area contributed by atoms with E-state index in [4.69, 9.17) is 11.6 Å². The highest BCUT2D eigenvalue weighted by Gasteiger charge is 2.11. The first-order valence-electron chi connectivity index (χ1n) is 5.54. The van der Waals surface area contributed by atoms with Gasteiger partial charge in [0.25, 0.3) is 0 Å². The van der Waals surface area contributed by atoms with Gasteiger partial charge in [-0.1, -0.05) is 31.5 Å². The molecule has 0 fully saturated rings. The average Bonchev–Trinajstić information content (AvgIpc) is 2.26. The van der Waals surface area contributed by atoms with E-state index < -0.39 is 16.9 Å². The first kappa shape index (κ1) is 14.6.